The lowest BCUT2D eigenvalue weighted by Gasteiger charge is -2.17. The van der Waals surface area contributed by atoms with Crippen LogP contribution < -0.4 is 27.9 Å². The zero-order chi connectivity index (χ0) is 16.9. The van der Waals surface area contributed by atoms with Gasteiger partial charge in [-0.25, -0.2) is 18.6 Å². The van der Waals surface area contributed by atoms with Crippen LogP contribution in [0.2, 0.25) is 0 Å². The van der Waals surface area contributed by atoms with Crippen molar-refractivity contribution in [3.8, 4) is 20.5 Å². The third-order valence-corrected chi connectivity index (χ3v) is 4.81. The van der Waals surface area contributed by atoms with E-state index in [4.69, 9.17) is 23.4 Å². The van der Waals surface area contributed by atoms with Gasteiger partial charge in [-0.2, -0.15) is 4.57 Å². The second kappa shape index (κ2) is 7.84. The van der Waals surface area contributed by atoms with Crippen molar-refractivity contribution in [3.05, 3.63) is 54.2 Å². The molecule has 0 aromatic carbocycles. The van der Waals surface area contributed by atoms with E-state index in [1.165, 1.54) is 14.8 Å². The molecule has 6 nitrogen and oxygen atoms in total. The molecule has 23 heavy (non-hydrogen) atoms. The Balaban J connectivity index is 0.000000338. The van der Waals surface area contributed by atoms with Gasteiger partial charge in [-0.05, 0) is 17.5 Å². The number of ether oxygens (including phenoxy) is 1. The van der Waals surface area contributed by atoms with E-state index in [9.17, 15) is 0 Å². The van der Waals surface area contributed by atoms with Gasteiger partial charge in [0.25, 0.3) is 5.00 Å². The monoisotopic (exact) mass is 373 g/mol. The molecule has 3 heterocycles. The van der Waals surface area contributed by atoms with Gasteiger partial charge >= 0.3 is 0 Å². The van der Waals surface area contributed by atoms with Crippen LogP contribution in [0.4, 0.5) is 0 Å². The van der Waals surface area contributed by atoms with Gasteiger partial charge in [-0.1, -0.05) is 17.4 Å². The van der Waals surface area contributed by atoms with Crippen molar-refractivity contribution < 1.29 is 38.2 Å². The Morgan fingerprint density at radius 3 is 2.13 bits per heavy atom. The predicted molar refractivity (Wildman–Crippen MR) is 75.7 cm³/mol. The van der Waals surface area contributed by atoms with E-state index in [1.807, 2.05) is 24.5 Å². The van der Waals surface area contributed by atoms with Crippen LogP contribution >= 0.6 is 22.7 Å². The normalized spacial score (nSPS) is 10.8. The van der Waals surface area contributed by atoms with E-state index < -0.39 is 10.2 Å². The zero-order valence-corrected chi connectivity index (χ0v) is 14.3. The summed E-state index contributed by atoms with van der Waals surface area (Å²) >= 11 is 3.56. The summed E-state index contributed by atoms with van der Waals surface area (Å²) in [6.07, 6.45) is 4.03. The number of rotatable bonds is 3. The highest BCUT2D eigenvalue weighted by molar-refractivity contribution is 7.22. The first-order chi connectivity index (χ1) is 10.9. The Bertz CT molecular complexity index is 716. The second-order valence-corrected chi connectivity index (χ2v) is 6.90. The van der Waals surface area contributed by atoms with E-state index >= 15 is 0 Å². The predicted octanol–water partition coefficient (Wildman–Crippen LogP) is -0.994. The standard InChI is InChI=1S/C14H12NOS2.ClHO4/c1-16-11-6-8-15(9-7-11)14-5-4-13(18-14)12-3-2-10-17-12;2-1(3,4)5/h2-10H,1H3;(H,2,3,4,5)/q+1;/p-1. The molecule has 0 saturated heterocycles. The van der Waals surface area contributed by atoms with Crippen molar-refractivity contribution in [2.24, 2.45) is 0 Å². The topological polar surface area (TPSA) is 105 Å². The Morgan fingerprint density at radius 2 is 1.61 bits per heavy atom. The van der Waals surface area contributed by atoms with E-state index in [-0.39, 0.29) is 0 Å². The maximum absolute atomic E-state index is 8.49. The van der Waals surface area contributed by atoms with Crippen LogP contribution in [0.3, 0.4) is 0 Å². The molecule has 0 aliphatic carbocycles. The molecule has 0 amide bonds. The second-order valence-electron chi connectivity index (χ2n) is 4.14. The SMILES string of the molecule is COc1cc[n+](-c2ccc(-c3cccs3)s2)cc1.[O-][Cl+3]([O-])([O-])[O-]. The number of halogens is 1. The van der Waals surface area contributed by atoms with Crippen LogP contribution in [0.5, 0.6) is 5.75 Å². The van der Waals surface area contributed by atoms with Crippen LogP contribution in [-0.2, 0) is 0 Å². The van der Waals surface area contributed by atoms with E-state index in [1.54, 1.807) is 29.8 Å². The molecule has 0 bridgehead atoms. The van der Waals surface area contributed by atoms with Crippen molar-refractivity contribution in [1.82, 2.24) is 0 Å². The van der Waals surface area contributed by atoms with Crippen LogP contribution in [-0.4, -0.2) is 7.11 Å². The molecule has 3 aromatic heterocycles. The number of nitrogens with zero attached hydrogens (tertiary/aromatic N) is 1. The highest BCUT2D eigenvalue weighted by atomic mass is 35.7. The minimum absolute atomic E-state index is 0.876. The Kier molecular flexibility index (Phi) is 6.08. The molecule has 3 rings (SSSR count). The quantitative estimate of drug-likeness (QED) is 0.548. The summed E-state index contributed by atoms with van der Waals surface area (Å²) in [5.41, 5.74) is 0. The van der Waals surface area contributed by atoms with Gasteiger partial charge in [-0.3, -0.25) is 0 Å². The molecule has 0 saturated carbocycles. The average Bonchev–Trinajstić information content (AvgIpc) is 3.16. The molecular weight excluding hydrogens is 362 g/mol. The molecular formula is C14H12ClNO5S2. The first-order valence-corrected chi connectivity index (χ1v) is 9.11. The molecule has 0 atom stereocenters. The largest absolute Gasteiger partial charge is 0.496 e. The lowest BCUT2D eigenvalue weighted by molar-refractivity contribution is -2.00. The summed E-state index contributed by atoms with van der Waals surface area (Å²) in [7, 11) is -3.26. The number of hydrogen-bond donors (Lipinski definition) is 0. The molecule has 9 heteroatoms. The Morgan fingerprint density at radius 1 is 0.957 bits per heavy atom. The van der Waals surface area contributed by atoms with Crippen molar-refractivity contribution >= 4 is 22.7 Å². The van der Waals surface area contributed by atoms with Gasteiger partial charge in [0.05, 0.1) is 12.0 Å². The van der Waals surface area contributed by atoms with Gasteiger partial charge in [0.15, 0.2) is 12.4 Å². The molecule has 0 aliphatic rings. The van der Waals surface area contributed by atoms with Gasteiger partial charge in [0.1, 0.15) is 5.75 Å². The van der Waals surface area contributed by atoms with Gasteiger partial charge in [0.2, 0.25) is 0 Å². The van der Waals surface area contributed by atoms with Crippen LogP contribution in [0, 0.1) is 10.2 Å². The summed E-state index contributed by atoms with van der Waals surface area (Å²) in [4.78, 5) is 2.63. The third kappa shape index (κ3) is 5.88. The minimum Gasteiger partial charge on any atom is -0.496 e. The van der Waals surface area contributed by atoms with E-state index in [0.29, 0.717) is 0 Å². The molecule has 0 unspecified atom stereocenters. The minimum atomic E-state index is -4.94. The lowest BCUT2D eigenvalue weighted by atomic mass is 10.4. The molecule has 0 fully saturated rings. The van der Waals surface area contributed by atoms with Crippen molar-refractivity contribution in [1.29, 1.82) is 0 Å². The molecule has 3 aromatic rings. The molecule has 0 N–H and O–H groups in total. The smallest absolute Gasteiger partial charge is 0.267 e. The summed E-state index contributed by atoms with van der Waals surface area (Å²) in [6.45, 7) is 0. The first kappa shape index (κ1) is 17.8. The summed E-state index contributed by atoms with van der Waals surface area (Å²) < 4.78 is 41.2. The number of methoxy groups -OCH3 is 1. The van der Waals surface area contributed by atoms with Crippen molar-refractivity contribution in [2.75, 3.05) is 7.11 Å². The number of thiophene rings is 2. The zero-order valence-electron chi connectivity index (χ0n) is 11.9. The van der Waals surface area contributed by atoms with Crippen LogP contribution in [0.15, 0.2) is 54.2 Å². The van der Waals surface area contributed by atoms with Gasteiger partial charge in [-0.15, -0.1) is 21.6 Å². The van der Waals surface area contributed by atoms with Crippen molar-refractivity contribution in [3.63, 3.8) is 0 Å². The van der Waals surface area contributed by atoms with Crippen molar-refractivity contribution in [2.45, 2.75) is 0 Å². The van der Waals surface area contributed by atoms with E-state index in [2.05, 4.69) is 34.2 Å². The number of aromatic nitrogens is 1. The van der Waals surface area contributed by atoms with Gasteiger partial charge in [0, 0.05) is 23.1 Å². The van der Waals surface area contributed by atoms with Gasteiger partial charge < -0.3 is 4.74 Å². The van der Waals surface area contributed by atoms with E-state index in [0.717, 1.165) is 5.75 Å². The molecule has 122 valence electrons. The fraction of sp³-hybridized carbons (Fsp3) is 0.0714. The third-order valence-electron chi connectivity index (χ3n) is 2.64. The fourth-order valence-corrected chi connectivity index (χ4v) is 3.52. The number of pyridine rings is 1. The number of hydrogen-bond acceptors (Lipinski definition) is 7. The Labute approximate surface area is 142 Å². The lowest BCUT2D eigenvalue weighted by Crippen LogP contribution is -2.68. The summed E-state index contributed by atoms with van der Waals surface area (Å²) in [5, 5.41) is 3.32. The fourth-order valence-electron chi connectivity index (χ4n) is 1.71. The summed E-state index contributed by atoms with van der Waals surface area (Å²) in [6, 6.07) is 12.5. The highest BCUT2D eigenvalue weighted by Gasteiger charge is 2.11. The molecule has 0 aliphatic heterocycles. The molecule has 0 spiro atoms. The summed E-state index contributed by atoms with van der Waals surface area (Å²) in [5.74, 6) is 0.876. The molecule has 0 radical (unpaired) electrons. The Hall–Kier alpha value is -1.52. The highest BCUT2D eigenvalue weighted by Crippen LogP contribution is 2.31. The maximum atomic E-state index is 8.49. The maximum Gasteiger partial charge on any atom is 0.267 e. The van der Waals surface area contributed by atoms with Crippen LogP contribution in [0.25, 0.3) is 14.8 Å². The average molecular weight is 374 g/mol. The van der Waals surface area contributed by atoms with Crippen LogP contribution in [0.1, 0.15) is 0 Å². The first-order valence-electron chi connectivity index (χ1n) is 6.18.